The maximum atomic E-state index is 12.7. The molecule has 0 aliphatic carbocycles. The molecule has 1 aliphatic heterocycles. The maximum absolute atomic E-state index is 12.7. The molecule has 0 bridgehead atoms. The highest BCUT2D eigenvalue weighted by Crippen LogP contribution is 2.23. The lowest BCUT2D eigenvalue weighted by molar-refractivity contribution is -0.137. The van der Waals surface area contributed by atoms with Crippen LogP contribution < -0.4 is 15.8 Å². The molecule has 1 atom stereocenters. The van der Waals surface area contributed by atoms with E-state index in [1.165, 1.54) is 28.8 Å². The van der Waals surface area contributed by atoms with E-state index in [-0.39, 0.29) is 18.4 Å². The highest BCUT2D eigenvalue weighted by atomic mass is 32.2. The predicted molar refractivity (Wildman–Crippen MR) is 113 cm³/mol. The Morgan fingerprint density at radius 3 is 2.52 bits per heavy atom. The molecule has 3 rings (SSSR count). The number of primary amides is 1. The Bertz CT molecular complexity index is 930. The summed E-state index contributed by atoms with van der Waals surface area (Å²) in [6, 6.07) is 11.4. The summed E-state index contributed by atoms with van der Waals surface area (Å²) in [5, 5.41) is 2.90. The molecule has 1 saturated heterocycles. The highest BCUT2D eigenvalue weighted by Gasteiger charge is 2.34. The zero-order valence-electron chi connectivity index (χ0n) is 16.3. The molecule has 7 nitrogen and oxygen atoms in total. The van der Waals surface area contributed by atoms with Crippen LogP contribution in [0.3, 0.4) is 0 Å². The van der Waals surface area contributed by atoms with Crippen molar-refractivity contribution in [2.24, 2.45) is 5.73 Å². The first-order valence-electron chi connectivity index (χ1n) is 9.13. The lowest BCUT2D eigenvalue weighted by Gasteiger charge is -2.23. The summed E-state index contributed by atoms with van der Waals surface area (Å²) in [5.41, 5.74) is 8.52. The van der Waals surface area contributed by atoms with Gasteiger partial charge in [0, 0.05) is 17.0 Å². The van der Waals surface area contributed by atoms with Crippen LogP contribution in [0.15, 0.2) is 42.5 Å². The number of nitrogens with two attached hydrogens (primary N) is 1. The minimum atomic E-state index is -0.546. The van der Waals surface area contributed by atoms with E-state index >= 15 is 0 Å². The number of carbonyl (C=O) groups is 3. The Morgan fingerprint density at radius 2 is 1.86 bits per heavy atom. The minimum Gasteiger partial charge on any atom is -0.484 e. The van der Waals surface area contributed by atoms with Gasteiger partial charge < -0.3 is 20.7 Å². The Balaban J connectivity index is 1.58. The summed E-state index contributed by atoms with van der Waals surface area (Å²) < 4.78 is 5.51. The van der Waals surface area contributed by atoms with E-state index in [0.29, 0.717) is 28.6 Å². The Kier molecular flexibility index (Phi) is 6.43. The van der Waals surface area contributed by atoms with Gasteiger partial charge in [-0.2, -0.15) is 0 Å². The van der Waals surface area contributed by atoms with E-state index in [2.05, 4.69) is 5.32 Å². The van der Waals surface area contributed by atoms with Crippen molar-refractivity contribution >= 4 is 35.2 Å². The topological polar surface area (TPSA) is 102 Å². The summed E-state index contributed by atoms with van der Waals surface area (Å²) in [6.45, 7) is 3.81. The van der Waals surface area contributed by atoms with E-state index < -0.39 is 11.9 Å². The minimum absolute atomic E-state index is 0.191. The molecule has 3 amide bonds. The van der Waals surface area contributed by atoms with Crippen molar-refractivity contribution in [1.29, 1.82) is 0 Å². The van der Waals surface area contributed by atoms with Crippen molar-refractivity contribution in [1.82, 2.24) is 4.90 Å². The number of benzene rings is 2. The lowest BCUT2D eigenvalue weighted by atomic mass is 10.1. The van der Waals surface area contributed by atoms with E-state index in [1.54, 1.807) is 12.1 Å². The van der Waals surface area contributed by atoms with Crippen molar-refractivity contribution in [3.63, 3.8) is 0 Å². The zero-order chi connectivity index (χ0) is 21.0. The van der Waals surface area contributed by atoms with Crippen LogP contribution in [0.2, 0.25) is 0 Å². The van der Waals surface area contributed by atoms with E-state index in [4.69, 9.17) is 10.5 Å². The van der Waals surface area contributed by atoms with Gasteiger partial charge in [0.05, 0.1) is 5.88 Å². The number of ether oxygens (including phenoxy) is 1. The number of nitrogens with one attached hydrogen (secondary N) is 1. The number of carbonyl (C=O) groups excluding carboxylic acids is 3. The van der Waals surface area contributed by atoms with Crippen molar-refractivity contribution in [2.45, 2.75) is 19.9 Å². The third-order valence-electron chi connectivity index (χ3n) is 4.78. The SMILES string of the molecule is Cc1ccc(NC(=O)C2CSCN2C(=O)COc2ccc(C(N)=O)cc2)cc1C. The molecule has 1 heterocycles. The third kappa shape index (κ3) is 5.08. The summed E-state index contributed by atoms with van der Waals surface area (Å²) in [7, 11) is 0. The van der Waals surface area contributed by atoms with Gasteiger partial charge in [-0.3, -0.25) is 14.4 Å². The van der Waals surface area contributed by atoms with Gasteiger partial charge in [-0.25, -0.2) is 0 Å². The second-order valence-electron chi connectivity index (χ2n) is 6.84. The van der Waals surface area contributed by atoms with E-state index in [0.717, 1.165) is 11.1 Å². The number of nitrogens with zero attached hydrogens (tertiary/aromatic N) is 1. The Hall–Kier alpha value is -3.00. The molecule has 0 spiro atoms. The van der Waals surface area contributed by atoms with Crippen LogP contribution in [0.4, 0.5) is 5.69 Å². The smallest absolute Gasteiger partial charge is 0.261 e. The molecule has 1 aliphatic rings. The van der Waals surface area contributed by atoms with Gasteiger partial charge >= 0.3 is 0 Å². The normalized spacial score (nSPS) is 15.8. The molecule has 152 valence electrons. The van der Waals surface area contributed by atoms with Gasteiger partial charge in [0.25, 0.3) is 5.91 Å². The zero-order valence-corrected chi connectivity index (χ0v) is 17.1. The number of thioether (sulfide) groups is 1. The van der Waals surface area contributed by atoms with Gasteiger partial charge in [0.1, 0.15) is 11.8 Å². The summed E-state index contributed by atoms with van der Waals surface area (Å²) in [4.78, 5) is 37.9. The van der Waals surface area contributed by atoms with Crippen LogP contribution in [-0.4, -0.2) is 46.9 Å². The van der Waals surface area contributed by atoms with Gasteiger partial charge in [-0.15, -0.1) is 11.8 Å². The molecule has 2 aromatic carbocycles. The molecule has 29 heavy (non-hydrogen) atoms. The first-order valence-corrected chi connectivity index (χ1v) is 10.3. The molecule has 0 saturated carbocycles. The monoisotopic (exact) mass is 413 g/mol. The van der Waals surface area contributed by atoms with E-state index in [1.807, 2.05) is 32.0 Å². The molecule has 3 N–H and O–H groups in total. The van der Waals surface area contributed by atoms with Crippen LogP contribution in [0, 0.1) is 13.8 Å². The first kappa shape index (κ1) is 20.7. The number of aryl methyl sites for hydroxylation is 2. The fourth-order valence-electron chi connectivity index (χ4n) is 2.89. The Morgan fingerprint density at radius 1 is 1.14 bits per heavy atom. The number of hydrogen-bond acceptors (Lipinski definition) is 5. The molecule has 0 radical (unpaired) electrons. The fraction of sp³-hybridized carbons (Fsp3) is 0.286. The van der Waals surface area contributed by atoms with Crippen LogP contribution in [-0.2, 0) is 9.59 Å². The highest BCUT2D eigenvalue weighted by molar-refractivity contribution is 7.99. The van der Waals surface area contributed by atoms with Crippen LogP contribution in [0.25, 0.3) is 0 Å². The molecule has 1 fully saturated rings. The van der Waals surface area contributed by atoms with Gasteiger partial charge in [0.2, 0.25) is 11.8 Å². The molecular weight excluding hydrogens is 390 g/mol. The van der Waals surface area contributed by atoms with Gasteiger partial charge in [0.15, 0.2) is 6.61 Å². The van der Waals surface area contributed by atoms with Crippen LogP contribution in [0.1, 0.15) is 21.5 Å². The molecule has 2 aromatic rings. The predicted octanol–water partition coefficient (Wildman–Crippen LogP) is 2.32. The second-order valence-corrected chi connectivity index (χ2v) is 7.84. The van der Waals surface area contributed by atoms with Crippen molar-refractivity contribution in [2.75, 3.05) is 23.6 Å². The molecular formula is C21H23N3O4S. The standard InChI is InChI=1S/C21H23N3O4S/c1-13-3-6-16(9-14(13)2)23-21(27)18-11-29-12-24(18)19(25)10-28-17-7-4-15(5-8-17)20(22)26/h3-9,18H,10-12H2,1-2H3,(H2,22,26)(H,23,27). The average molecular weight is 413 g/mol. The van der Waals surface area contributed by atoms with Crippen molar-refractivity contribution < 1.29 is 19.1 Å². The lowest BCUT2D eigenvalue weighted by Crippen LogP contribution is -2.46. The second kappa shape index (κ2) is 9.00. The van der Waals surface area contributed by atoms with Gasteiger partial charge in [-0.05, 0) is 61.4 Å². The quantitative estimate of drug-likeness (QED) is 0.757. The number of anilines is 1. The van der Waals surface area contributed by atoms with Crippen LogP contribution in [0.5, 0.6) is 5.75 Å². The fourth-order valence-corrected chi connectivity index (χ4v) is 4.07. The first-order chi connectivity index (χ1) is 13.8. The largest absolute Gasteiger partial charge is 0.484 e. The summed E-state index contributed by atoms with van der Waals surface area (Å²) in [5.74, 6) is 0.418. The molecule has 8 heteroatoms. The maximum Gasteiger partial charge on any atom is 0.261 e. The number of rotatable bonds is 6. The van der Waals surface area contributed by atoms with Gasteiger partial charge in [-0.1, -0.05) is 6.07 Å². The van der Waals surface area contributed by atoms with Crippen LogP contribution >= 0.6 is 11.8 Å². The average Bonchev–Trinajstić information content (AvgIpc) is 3.19. The van der Waals surface area contributed by atoms with E-state index in [9.17, 15) is 14.4 Å². The Labute approximate surface area is 173 Å². The molecule has 1 unspecified atom stereocenters. The molecule has 0 aromatic heterocycles. The summed E-state index contributed by atoms with van der Waals surface area (Å²) in [6.07, 6.45) is 0. The van der Waals surface area contributed by atoms with Crippen molar-refractivity contribution in [3.8, 4) is 5.75 Å². The van der Waals surface area contributed by atoms with Crippen molar-refractivity contribution in [3.05, 3.63) is 59.2 Å². The summed E-state index contributed by atoms with van der Waals surface area (Å²) >= 11 is 1.53. The number of amides is 3. The third-order valence-corrected chi connectivity index (χ3v) is 5.79. The number of hydrogen-bond donors (Lipinski definition) is 2.